The van der Waals surface area contributed by atoms with Crippen LogP contribution in [0.1, 0.15) is 12.7 Å². The van der Waals surface area contributed by atoms with Gasteiger partial charge in [0.2, 0.25) is 0 Å². The van der Waals surface area contributed by atoms with Gasteiger partial charge >= 0.3 is 5.69 Å². The normalized spacial score (nSPS) is 18.7. The molecular formula is C11H11N3OS. The van der Waals surface area contributed by atoms with Crippen LogP contribution in [0.4, 0.5) is 0 Å². The largest absolute Gasteiger partial charge is 0.347 e. The van der Waals surface area contributed by atoms with Crippen molar-refractivity contribution in [1.29, 1.82) is 0 Å². The SMILES string of the molecule is CC1Cc2n[nH]c(=O)n2-c2ccccc2S1. The summed E-state index contributed by atoms with van der Waals surface area (Å²) >= 11 is 1.79. The molecule has 2 heterocycles. The minimum absolute atomic E-state index is 0.155. The monoisotopic (exact) mass is 233 g/mol. The highest BCUT2D eigenvalue weighted by Crippen LogP contribution is 2.33. The van der Waals surface area contributed by atoms with Gasteiger partial charge in [-0.2, -0.15) is 5.10 Å². The average Bonchev–Trinajstić information content (AvgIpc) is 2.55. The molecule has 1 N–H and O–H groups in total. The molecule has 1 atom stereocenters. The molecule has 1 unspecified atom stereocenters. The number of nitrogens with one attached hydrogen (secondary N) is 1. The zero-order valence-corrected chi connectivity index (χ0v) is 9.62. The third-order valence-electron chi connectivity index (χ3n) is 2.65. The number of para-hydroxylation sites is 1. The van der Waals surface area contributed by atoms with Crippen LogP contribution in [0.5, 0.6) is 0 Å². The number of hydrogen-bond donors (Lipinski definition) is 1. The number of hydrogen-bond acceptors (Lipinski definition) is 3. The first kappa shape index (κ1) is 9.72. The van der Waals surface area contributed by atoms with Crippen LogP contribution in [-0.2, 0) is 6.42 Å². The summed E-state index contributed by atoms with van der Waals surface area (Å²) in [5, 5.41) is 7.02. The van der Waals surface area contributed by atoms with Gasteiger partial charge in [-0.15, -0.1) is 11.8 Å². The second kappa shape index (κ2) is 3.52. The standard InChI is InChI=1S/C11H11N3OS/c1-7-6-10-12-13-11(15)14(10)8-4-2-3-5-9(8)16-7/h2-5,7H,6H2,1H3,(H,13,15). The Morgan fingerprint density at radius 3 is 3.19 bits per heavy atom. The van der Waals surface area contributed by atoms with E-state index in [0.29, 0.717) is 5.25 Å². The maximum Gasteiger partial charge on any atom is 0.347 e. The van der Waals surface area contributed by atoms with Gasteiger partial charge < -0.3 is 0 Å². The van der Waals surface area contributed by atoms with Crippen LogP contribution >= 0.6 is 11.8 Å². The van der Waals surface area contributed by atoms with Crippen LogP contribution in [0.2, 0.25) is 0 Å². The van der Waals surface area contributed by atoms with Crippen LogP contribution in [0.15, 0.2) is 34.0 Å². The summed E-state index contributed by atoms with van der Waals surface area (Å²) in [4.78, 5) is 12.9. The Bertz CT molecular complexity index is 587. The van der Waals surface area contributed by atoms with Crippen molar-refractivity contribution in [3.05, 3.63) is 40.6 Å². The Balaban J connectivity index is 2.33. The van der Waals surface area contributed by atoms with Crippen molar-refractivity contribution in [1.82, 2.24) is 14.8 Å². The van der Waals surface area contributed by atoms with E-state index in [-0.39, 0.29) is 5.69 Å². The Morgan fingerprint density at radius 2 is 2.31 bits per heavy atom. The van der Waals surface area contributed by atoms with E-state index in [4.69, 9.17) is 0 Å². The van der Waals surface area contributed by atoms with Crippen molar-refractivity contribution in [2.75, 3.05) is 0 Å². The molecule has 0 fully saturated rings. The number of rotatable bonds is 0. The van der Waals surface area contributed by atoms with Gasteiger partial charge in [0.15, 0.2) is 0 Å². The zero-order chi connectivity index (χ0) is 11.1. The highest BCUT2D eigenvalue weighted by molar-refractivity contribution is 8.00. The predicted molar refractivity (Wildman–Crippen MR) is 63.2 cm³/mol. The molecule has 5 heteroatoms. The fourth-order valence-electron chi connectivity index (χ4n) is 1.97. The average molecular weight is 233 g/mol. The quantitative estimate of drug-likeness (QED) is 0.752. The number of benzene rings is 1. The molecule has 16 heavy (non-hydrogen) atoms. The number of fused-ring (bicyclic) bond motifs is 3. The maximum absolute atomic E-state index is 11.7. The molecule has 2 aromatic rings. The van der Waals surface area contributed by atoms with Gasteiger partial charge in [0.05, 0.1) is 5.69 Å². The van der Waals surface area contributed by atoms with Crippen LogP contribution in [0.3, 0.4) is 0 Å². The molecule has 4 nitrogen and oxygen atoms in total. The number of aromatic amines is 1. The van der Waals surface area contributed by atoms with Crippen molar-refractivity contribution in [3.8, 4) is 5.69 Å². The van der Waals surface area contributed by atoms with Crippen molar-refractivity contribution < 1.29 is 0 Å². The molecule has 1 aromatic heterocycles. The van der Waals surface area contributed by atoms with E-state index < -0.39 is 0 Å². The fourth-order valence-corrected chi connectivity index (χ4v) is 3.08. The second-order valence-corrected chi connectivity index (χ2v) is 5.36. The van der Waals surface area contributed by atoms with Gasteiger partial charge in [-0.05, 0) is 12.1 Å². The fraction of sp³-hybridized carbons (Fsp3) is 0.273. The second-order valence-electron chi connectivity index (χ2n) is 3.88. The molecule has 0 aliphatic carbocycles. The van der Waals surface area contributed by atoms with Crippen LogP contribution < -0.4 is 5.69 Å². The van der Waals surface area contributed by atoms with Crippen LogP contribution in [-0.4, -0.2) is 20.0 Å². The van der Waals surface area contributed by atoms with E-state index in [9.17, 15) is 4.79 Å². The smallest absolute Gasteiger partial charge is 0.246 e. The molecule has 0 spiro atoms. The Morgan fingerprint density at radius 1 is 1.50 bits per heavy atom. The third kappa shape index (κ3) is 1.39. The Hall–Kier alpha value is -1.49. The first-order valence-electron chi connectivity index (χ1n) is 5.18. The van der Waals surface area contributed by atoms with Crippen molar-refractivity contribution in [3.63, 3.8) is 0 Å². The molecule has 0 bridgehead atoms. The minimum Gasteiger partial charge on any atom is -0.246 e. The topological polar surface area (TPSA) is 50.7 Å². The Kier molecular flexibility index (Phi) is 2.14. The lowest BCUT2D eigenvalue weighted by atomic mass is 10.3. The van der Waals surface area contributed by atoms with E-state index in [0.717, 1.165) is 22.8 Å². The molecule has 1 aliphatic rings. The van der Waals surface area contributed by atoms with Crippen molar-refractivity contribution >= 4 is 11.8 Å². The van der Waals surface area contributed by atoms with Gasteiger partial charge in [-0.3, -0.25) is 0 Å². The zero-order valence-electron chi connectivity index (χ0n) is 8.80. The molecule has 0 saturated heterocycles. The van der Waals surface area contributed by atoms with E-state index in [2.05, 4.69) is 17.1 Å². The number of thioether (sulfide) groups is 1. The summed E-state index contributed by atoms with van der Waals surface area (Å²) in [5.74, 6) is 0.815. The number of H-pyrrole nitrogens is 1. The van der Waals surface area contributed by atoms with Crippen molar-refractivity contribution in [2.24, 2.45) is 0 Å². The summed E-state index contributed by atoms with van der Waals surface area (Å²) in [6.07, 6.45) is 0.804. The molecule has 82 valence electrons. The maximum atomic E-state index is 11.7. The van der Waals surface area contributed by atoms with E-state index >= 15 is 0 Å². The molecule has 0 amide bonds. The predicted octanol–water partition coefficient (Wildman–Crippen LogP) is 1.60. The summed E-state index contributed by atoms with van der Waals surface area (Å²) in [6.45, 7) is 2.15. The first-order chi connectivity index (χ1) is 7.75. The molecule has 1 aliphatic heterocycles. The first-order valence-corrected chi connectivity index (χ1v) is 6.06. The third-order valence-corrected chi connectivity index (χ3v) is 3.81. The highest BCUT2D eigenvalue weighted by atomic mass is 32.2. The summed E-state index contributed by atoms with van der Waals surface area (Å²) in [7, 11) is 0. The molecule has 3 rings (SSSR count). The lowest BCUT2D eigenvalue weighted by molar-refractivity contribution is 0.817. The lowest BCUT2D eigenvalue weighted by Crippen LogP contribution is -2.17. The van der Waals surface area contributed by atoms with Gasteiger partial charge in [-0.1, -0.05) is 19.1 Å². The van der Waals surface area contributed by atoms with E-state index in [1.807, 2.05) is 24.3 Å². The van der Waals surface area contributed by atoms with Gasteiger partial charge in [0, 0.05) is 16.6 Å². The number of nitrogens with zero attached hydrogens (tertiary/aromatic N) is 2. The highest BCUT2D eigenvalue weighted by Gasteiger charge is 2.21. The van der Waals surface area contributed by atoms with Gasteiger partial charge in [-0.25, -0.2) is 14.5 Å². The lowest BCUT2D eigenvalue weighted by Gasteiger charge is -2.07. The van der Waals surface area contributed by atoms with E-state index in [1.54, 1.807) is 16.3 Å². The molecule has 1 aromatic carbocycles. The van der Waals surface area contributed by atoms with Crippen LogP contribution in [0, 0.1) is 0 Å². The number of aromatic nitrogens is 3. The van der Waals surface area contributed by atoms with Crippen molar-refractivity contribution in [2.45, 2.75) is 23.5 Å². The molecular weight excluding hydrogens is 222 g/mol. The van der Waals surface area contributed by atoms with Gasteiger partial charge in [0.1, 0.15) is 5.82 Å². The summed E-state index contributed by atoms with van der Waals surface area (Å²) < 4.78 is 1.67. The van der Waals surface area contributed by atoms with Crippen LogP contribution in [0.25, 0.3) is 5.69 Å². The molecule has 0 radical (unpaired) electrons. The molecule has 0 saturated carbocycles. The minimum atomic E-state index is -0.155. The summed E-state index contributed by atoms with van der Waals surface area (Å²) in [5.41, 5.74) is 0.780. The summed E-state index contributed by atoms with van der Waals surface area (Å²) in [6, 6.07) is 7.94. The van der Waals surface area contributed by atoms with Gasteiger partial charge in [0.25, 0.3) is 0 Å². The Labute approximate surface area is 96.7 Å². The van der Waals surface area contributed by atoms with E-state index in [1.165, 1.54) is 0 Å².